The van der Waals surface area contributed by atoms with E-state index in [1.807, 2.05) is 0 Å². The van der Waals surface area contributed by atoms with Crippen molar-refractivity contribution in [2.45, 2.75) is 24.9 Å². The number of aromatic amines is 1. The number of rotatable bonds is 4. The van der Waals surface area contributed by atoms with Gasteiger partial charge in [-0.1, -0.05) is 0 Å². The molecule has 1 fully saturated rings. The molecule has 0 saturated heterocycles. The number of nitrogens with zero attached hydrogens (tertiary/aromatic N) is 2. The van der Waals surface area contributed by atoms with E-state index in [-0.39, 0.29) is 17.3 Å². The van der Waals surface area contributed by atoms with E-state index in [1.54, 1.807) is 7.11 Å². The first-order valence-corrected chi connectivity index (χ1v) is 4.94. The van der Waals surface area contributed by atoms with Crippen LogP contribution < -0.4 is 5.32 Å². The molecule has 1 aromatic rings. The standard InChI is InChI=1S/C9H14N4O2/c1-15-9(3-2-4-9)5-10-8(14)7-11-6-12-13-7/h6H,2-5H2,1H3,(H,10,14)(H,11,12,13). The summed E-state index contributed by atoms with van der Waals surface area (Å²) in [5.74, 6) is -0.00333. The largest absolute Gasteiger partial charge is 0.376 e. The SMILES string of the molecule is COC1(CNC(=O)c2ncn[nH]2)CCC1. The van der Waals surface area contributed by atoms with Crippen LogP contribution in [0.5, 0.6) is 0 Å². The smallest absolute Gasteiger partial charge is 0.288 e. The van der Waals surface area contributed by atoms with E-state index < -0.39 is 0 Å². The number of amides is 1. The Labute approximate surface area is 87.4 Å². The van der Waals surface area contributed by atoms with Crippen molar-refractivity contribution >= 4 is 5.91 Å². The number of hydrogen-bond donors (Lipinski definition) is 2. The van der Waals surface area contributed by atoms with Crippen LogP contribution in [0.15, 0.2) is 6.33 Å². The van der Waals surface area contributed by atoms with Gasteiger partial charge in [-0.05, 0) is 19.3 Å². The Kier molecular flexibility index (Phi) is 2.68. The third-order valence-electron chi connectivity index (χ3n) is 2.90. The molecule has 0 aliphatic heterocycles. The molecule has 15 heavy (non-hydrogen) atoms. The highest BCUT2D eigenvalue weighted by atomic mass is 16.5. The number of carbonyl (C=O) groups excluding carboxylic acids is 1. The van der Waals surface area contributed by atoms with Crippen molar-refractivity contribution in [3.63, 3.8) is 0 Å². The van der Waals surface area contributed by atoms with Crippen molar-refractivity contribution in [1.82, 2.24) is 20.5 Å². The minimum atomic E-state index is -0.240. The lowest BCUT2D eigenvalue weighted by atomic mass is 9.80. The Morgan fingerprint density at radius 3 is 3.00 bits per heavy atom. The second-order valence-corrected chi connectivity index (χ2v) is 3.76. The fraction of sp³-hybridized carbons (Fsp3) is 0.667. The van der Waals surface area contributed by atoms with Crippen LogP contribution in [-0.2, 0) is 4.74 Å². The number of ether oxygens (including phenoxy) is 1. The highest BCUT2D eigenvalue weighted by molar-refractivity contribution is 5.90. The number of H-pyrrole nitrogens is 1. The highest BCUT2D eigenvalue weighted by Crippen LogP contribution is 2.34. The molecule has 82 valence electrons. The van der Waals surface area contributed by atoms with E-state index >= 15 is 0 Å². The third-order valence-corrected chi connectivity index (χ3v) is 2.90. The Balaban J connectivity index is 1.85. The minimum absolute atomic E-state index is 0.157. The summed E-state index contributed by atoms with van der Waals surface area (Å²) >= 11 is 0. The van der Waals surface area contributed by atoms with E-state index in [0.717, 1.165) is 19.3 Å². The van der Waals surface area contributed by atoms with Crippen LogP contribution in [0.25, 0.3) is 0 Å². The summed E-state index contributed by atoms with van der Waals surface area (Å²) in [7, 11) is 1.68. The van der Waals surface area contributed by atoms with Crippen molar-refractivity contribution < 1.29 is 9.53 Å². The van der Waals surface area contributed by atoms with Gasteiger partial charge in [0.15, 0.2) is 0 Å². The first-order valence-electron chi connectivity index (χ1n) is 4.94. The lowest BCUT2D eigenvalue weighted by Crippen LogP contribution is -2.49. The van der Waals surface area contributed by atoms with Crippen molar-refractivity contribution in [3.8, 4) is 0 Å². The van der Waals surface area contributed by atoms with Crippen LogP contribution in [0.3, 0.4) is 0 Å². The maximum absolute atomic E-state index is 11.5. The van der Waals surface area contributed by atoms with Gasteiger partial charge in [0.2, 0.25) is 5.82 Å². The van der Waals surface area contributed by atoms with Gasteiger partial charge in [-0.15, -0.1) is 0 Å². The summed E-state index contributed by atoms with van der Waals surface area (Å²) in [4.78, 5) is 15.3. The molecule has 0 radical (unpaired) electrons. The van der Waals surface area contributed by atoms with E-state index in [4.69, 9.17) is 4.74 Å². The second-order valence-electron chi connectivity index (χ2n) is 3.76. The monoisotopic (exact) mass is 210 g/mol. The molecule has 1 heterocycles. The predicted octanol–water partition coefficient (Wildman–Crippen LogP) is 0.104. The maximum Gasteiger partial charge on any atom is 0.288 e. The summed E-state index contributed by atoms with van der Waals surface area (Å²) in [6, 6.07) is 0. The van der Waals surface area contributed by atoms with Crippen molar-refractivity contribution in [3.05, 3.63) is 12.2 Å². The van der Waals surface area contributed by atoms with Crippen LogP contribution in [0.4, 0.5) is 0 Å². The fourth-order valence-corrected chi connectivity index (χ4v) is 1.66. The molecular formula is C9H14N4O2. The number of nitrogens with one attached hydrogen (secondary N) is 2. The van der Waals surface area contributed by atoms with Gasteiger partial charge in [-0.2, -0.15) is 5.10 Å². The van der Waals surface area contributed by atoms with Gasteiger partial charge < -0.3 is 10.1 Å². The molecular weight excluding hydrogens is 196 g/mol. The summed E-state index contributed by atoms with van der Waals surface area (Å²) in [6.07, 6.45) is 4.47. The number of aromatic nitrogens is 3. The Hall–Kier alpha value is -1.43. The lowest BCUT2D eigenvalue weighted by molar-refractivity contribution is -0.0679. The molecule has 1 aromatic heterocycles. The topological polar surface area (TPSA) is 79.9 Å². The molecule has 1 aliphatic carbocycles. The molecule has 2 rings (SSSR count). The molecule has 1 amide bonds. The van der Waals surface area contributed by atoms with Gasteiger partial charge in [-0.25, -0.2) is 4.98 Å². The molecule has 0 spiro atoms. The van der Waals surface area contributed by atoms with Crippen LogP contribution in [0.2, 0.25) is 0 Å². The predicted molar refractivity (Wildman–Crippen MR) is 52.3 cm³/mol. The molecule has 6 heteroatoms. The summed E-state index contributed by atoms with van der Waals surface area (Å²) in [5.41, 5.74) is -0.157. The van der Waals surface area contributed by atoms with Crippen LogP contribution in [0.1, 0.15) is 29.9 Å². The minimum Gasteiger partial charge on any atom is -0.376 e. The Morgan fingerprint density at radius 1 is 1.73 bits per heavy atom. The average Bonchev–Trinajstić information content (AvgIpc) is 2.69. The van der Waals surface area contributed by atoms with Crippen molar-refractivity contribution in [2.75, 3.05) is 13.7 Å². The summed E-state index contributed by atoms with van der Waals surface area (Å²) in [6.45, 7) is 0.531. The van der Waals surface area contributed by atoms with Gasteiger partial charge in [0.25, 0.3) is 5.91 Å². The van der Waals surface area contributed by atoms with Crippen molar-refractivity contribution in [2.24, 2.45) is 0 Å². The van der Waals surface area contributed by atoms with E-state index in [2.05, 4.69) is 20.5 Å². The molecule has 0 bridgehead atoms. The van der Waals surface area contributed by atoms with E-state index in [0.29, 0.717) is 6.54 Å². The normalized spacial score (nSPS) is 18.2. The molecule has 0 aromatic carbocycles. The molecule has 6 nitrogen and oxygen atoms in total. The highest BCUT2D eigenvalue weighted by Gasteiger charge is 2.37. The molecule has 2 N–H and O–H groups in total. The van der Waals surface area contributed by atoms with Gasteiger partial charge in [0.05, 0.1) is 5.60 Å². The summed E-state index contributed by atoms with van der Waals surface area (Å²) in [5, 5.41) is 8.91. The molecule has 1 saturated carbocycles. The van der Waals surface area contributed by atoms with Crippen LogP contribution >= 0.6 is 0 Å². The zero-order valence-electron chi connectivity index (χ0n) is 8.62. The lowest BCUT2D eigenvalue weighted by Gasteiger charge is -2.40. The quantitative estimate of drug-likeness (QED) is 0.738. The summed E-state index contributed by atoms with van der Waals surface area (Å²) < 4.78 is 5.38. The van der Waals surface area contributed by atoms with Crippen LogP contribution in [0, 0.1) is 0 Å². The average molecular weight is 210 g/mol. The first kappa shape index (κ1) is 10.1. The van der Waals surface area contributed by atoms with Gasteiger partial charge >= 0.3 is 0 Å². The van der Waals surface area contributed by atoms with E-state index in [1.165, 1.54) is 6.33 Å². The number of methoxy groups -OCH3 is 1. The molecule has 0 unspecified atom stereocenters. The molecule has 1 aliphatic rings. The van der Waals surface area contributed by atoms with Crippen LogP contribution in [-0.4, -0.2) is 40.3 Å². The zero-order chi connectivity index (χ0) is 10.7. The zero-order valence-corrected chi connectivity index (χ0v) is 8.62. The number of carbonyl (C=O) groups is 1. The second kappa shape index (κ2) is 3.98. The van der Waals surface area contributed by atoms with Gasteiger partial charge in [-0.3, -0.25) is 9.89 Å². The number of hydrogen-bond acceptors (Lipinski definition) is 4. The van der Waals surface area contributed by atoms with Crippen molar-refractivity contribution in [1.29, 1.82) is 0 Å². The Bertz CT molecular complexity index is 326. The first-order chi connectivity index (χ1) is 7.26. The fourth-order valence-electron chi connectivity index (χ4n) is 1.66. The van der Waals surface area contributed by atoms with E-state index in [9.17, 15) is 4.79 Å². The van der Waals surface area contributed by atoms with Gasteiger partial charge in [0, 0.05) is 13.7 Å². The maximum atomic E-state index is 11.5. The molecule has 0 atom stereocenters. The third kappa shape index (κ3) is 1.99. The van der Waals surface area contributed by atoms with Gasteiger partial charge in [0.1, 0.15) is 6.33 Å². The Morgan fingerprint density at radius 2 is 2.53 bits per heavy atom.